The first-order valence-electron chi connectivity index (χ1n) is 9.43. The van der Waals surface area contributed by atoms with Gasteiger partial charge in [-0.2, -0.15) is 4.31 Å². The topological polar surface area (TPSA) is 69.6 Å². The highest BCUT2D eigenvalue weighted by atomic mass is 32.2. The highest BCUT2D eigenvalue weighted by Crippen LogP contribution is 2.24. The smallest absolute Gasteiger partial charge is 0.243 e. The van der Waals surface area contributed by atoms with Crippen molar-refractivity contribution in [1.82, 2.24) is 14.3 Å². The Hall–Kier alpha value is -2.19. The first-order chi connectivity index (χ1) is 13.0. The number of rotatable bonds is 4. The van der Waals surface area contributed by atoms with E-state index in [1.807, 2.05) is 25.1 Å². The molecule has 0 aliphatic carbocycles. The van der Waals surface area contributed by atoms with Gasteiger partial charge in [0, 0.05) is 45.3 Å². The number of anilines is 2. The predicted molar refractivity (Wildman–Crippen MR) is 106 cm³/mol. The van der Waals surface area contributed by atoms with Gasteiger partial charge in [-0.05, 0) is 31.9 Å². The number of piperazine rings is 1. The average molecular weight is 388 g/mol. The Labute approximate surface area is 160 Å². The second-order valence-electron chi connectivity index (χ2n) is 7.13. The molecule has 2 aliphatic heterocycles. The van der Waals surface area contributed by atoms with Crippen molar-refractivity contribution in [3.8, 4) is 0 Å². The number of benzene rings is 1. The Balaban J connectivity index is 1.44. The number of sulfonamides is 1. The van der Waals surface area contributed by atoms with Crippen LogP contribution in [0.3, 0.4) is 0 Å². The molecule has 0 bridgehead atoms. The largest absolute Gasteiger partial charge is 0.356 e. The van der Waals surface area contributed by atoms with Gasteiger partial charge in [0.15, 0.2) is 0 Å². The predicted octanol–water partition coefficient (Wildman–Crippen LogP) is 1.90. The molecule has 0 N–H and O–H groups in total. The van der Waals surface area contributed by atoms with Crippen LogP contribution in [0.1, 0.15) is 18.4 Å². The standard InChI is InChI=1S/C19H25N5O2S/c1-16-4-6-17(7-5-16)27(25,26)24-12-10-23(11-13-24)19-14-18(20-15-21-19)22-8-2-3-9-22/h4-7,14-15H,2-3,8-13H2,1H3. The van der Waals surface area contributed by atoms with Gasteiger partial charge in [-0.3, -0.25) is 0 Å². The van der Waals surface area contributed by atoms with Gasteiger partial charge < -0.3 is 9.80 Å². The average Bonchev–Trinajstić information content (AvgIpc) is 3.23. The lowest BCUT2D eigenvalue weighted by Crippen LogP contribution is -2.49. The molecule has 2 aliphatic rings. The molecule has 2 aromatic rings. The molecule has 144 valence electrons. The van der Waals surface area contributed by atoms with Crippen molar-refractivity contribution >= 4 is 21.7 Å². The van der Waals surface area contributed by atoms with E-state index in [-0.39, 0.29) is 0 Å². The van der Waals surface area contributed by atoms with Crippen LogP contribution in [0, 0.1) is 6.92 Å². The molecule has 7 nitrogen and oxygen atoms in total. The van der Waals surface area contributed by atoms with Crippen molar-refractivity contribution in [2.45, 2.75) is 24.7 Å². The molecule has 0 spiro atoms. The molecule has 1 aromatic heterocycles. The number of aromatic nitrogens is 2. The van der Waals surface area contributed by atoms with Crippen LogP contribution in [0.2, 0.25) is 0 Å². The van der Waals surface area contributed by atoms with E-state index in [1.165, 1.54) is 12.8 Å². The van der Waals surface area contributed by atoms with Crippen LogP contribution in [0.25, 0.3) is 0 Å². The summed E-state index contributed by atoms with van der Waals surface area (Å²) < 4.78 is 27.3. The molecule has 0 atom stereocenters. The van der Waals surface area contributed by atoms with Crippen LogP contribution in [0.4, 0.5) is 11.6 Å². The summed E-state index contributed by atoms with van der Waals surface area (Å²) in [7, 11) is -3.44. The van der Waals surface area contributed by atoms with Crippen molar-refractivity contribution in [3.63, 3.8) is 0 Å². The van der Waals surface area contributed by atoms with Gasteiger partial charge in [0.1, 0.15) is 18.0 Å². The number of aryl methyl sites for hydroxylation is 1. The van der Waals surface area contributed by atoms with Gasteiger partial charge in [-0.25, -0.2) is 18.4 Å². The number of nitrogens with zero attached hydrogens (tertiary/aromatic N) is 5. The first-order valence-corrected chi connectivity index (χ1v) is 10.9. The molecule has 0 saturated carbocycles. The lowest BCUT2D eigenvalue weighted by Gasteiger charge is -2.34. The van der Waals surface area contributed by atoms with E-state index in [9.17, 15) is 8.42 Å². The summed E-state index contributed by atoms with van der Waals surface area (Å²) in [4.78, 5) is 13.6. The van der Waals surface area contributed by atoms with E-state index in [0.29, 0.717) is 31.1 Å². The highest BCUT2D eigenvalue weighted by Gasteiger charge is 2.29. The van der Waals surface area contributed by atoms with Crippen LogP contribution in [-0.4, -0.2) is 62.0 Å². The Morgan fingerprint density at radius 2 is 1.37 bits per heavy atom. The van der Waals surface area contributed by atoms with E-state index >= 15 is 0 Å². The lowest BCUT2D eigenvalue weighted by molar-refractivity contribution is 0.384. The first kappa shape index (κ1) is 18.2. The zero-order valence-electron chi connectivity index (χ0n) is 15.6. The fourth-order valence-corrected chi connectivity index (χ4v) is 5.07. The van der Waals surface area contributed by atoms with Crippen molar-refractivity contribution in [2.24, 2.45) is 0 Å². The van der Waals surface area contributed by atoms with Crippen molar-refractivity contribution in [3.05, 3.63) is 42.2 Å². The van der Waals surface area contributed by atoms with Crippen LogP contribution >= 0.6 is 0 Å². The third-order valence-electron chi connectivity index (χ3n) is 5.29. The molecule has 0 radical (unpaired) electrons. The fraction of sp³-hybridized carbons (Fsp3) is 0.474. The van der Waals surface area contributed by atoms with Crippen molar-refractivity contribution in [2.75, 3.05) is 49.1 Å². The number of hydrogen-bond donors (Lipinski definition) is 0. The second-order valence-corrected chi connectivity index (χ2v) is 9.07. The maximum atomic E-state index is 12.8. The molecule has 8 heteroatoms. The monoisotopic (exact) mass is 387 g/mol. The summed E-state index contributed by atoms with van der Waals surface area (Å²) in [6, 6.07) is 9.07. The Kier molecular flexibility index (Phi) is 5.01. The number of hydrogen-bond acceptors (Lipinski definition) is 6. The normalized spacial score (nSPS) is 18.9. The van der Waals surface area contributed by atoms with Gasteiger partial charge in [-0.15, -0.1) is 0 Å². The summed E-state index contributed by atoms with van der Waals surface area (Å²) in [5.74, 6) is 1.84. The van der Waals surface area contributed by atoms with Crippen LogP contribution in [0.5, 0.6) is 0 Å². The summed E-state index contributed by atoms with van der Waals surface area (Å²) in [6.07, 6.45) is 4.02. The quantitative estimate of drug-likeness (QED) is 0.798. The Bertz CT molecular complexity index is 887. The molecule has 4 rings (SSSR count). The van der Waals surface area contributed by atoms with Crippen LogP contribution in [-0.2, 0) is 10.0 Å². The minimum Gasteiger partial charge on any atom is -0.356 e. The second kappa shape index (κ2) is 7.44. The molecule has 0 unspecified atom stereocenters. The van der Waals surface area contributed by atoms with E-state index in [1.54, 1.807) is 22.8 Å². The van der Waals surface area contributed by atoms with Crippen molar-refractivity contribution in [1.29, 1.82) is 0 Å². The van der Waals surface area contributed by atoms with Crippen LogP contribution in [0.15, 0.2) is 41.6 Å². The Morgan fingerprint density at radius 3 is 1.96 bits per heavy atom. The summed E-state index contributed by atoms with van der Waals surface area (Å²) in [5.41, 5.74) is 1.05. The van der Waals surface area contributed by atoms with Gasteiger partial charge in [0.05, 0.1) is 4.90 Å². The summed E-state index contributed by atoms with van der Waals surface area (Å²) >= 11 is 0. The molecule has 1 aromatic carbocycles. The Morgan fingerprint density at radius 1 is 0.815 bits per heavy atom. The molecule has 3 heterocycles. The summed E-state index contributed by atoms with van der Waals surface area (Å²) in [5, 5.41) is 0. The molecular weight excluding hydrogens is 362 g/mol. The maximum absolute atomic E-state index is 12.8. The van der Waals surface area contributed by atoms with E-state index in [0.717, 1.165) is 30.3 Å². The third-order valence-corrected chi connectivity index (χ3v) is 7.20. The van der Waals surface area contributed by atoms with E-state index < -0.39 is 10.0 Å². The zero-order valence-corrected chi connectivity index (χ0v) is 16.4. The fourth-order valence-electron chi connectivity index (χ4n) is 3.65. The molecule has 27 heavy (non-hydrogen) atoms. The van der Waals surface area contributed by atoms with Gasteiger partial charge in [0.25, 0.3) is 0 Å². The van der Waals surface area contributed by atoms with Gasteiger partial charge in [0.2, 0.25) is 10.0 Å². The van der Waals surface area contributed by atoms with Crippen molar-refractivity contribution < 1.29 is 8.42 Å². The molecule has 2 saturated heterocycles. The van der Waals surface area contributed by atoms with Gasteiger partial charge in [-0.1, -0.05) is 17.7 Å². The minimum absolute atomic E-state index is 0.361. The summed E-state index contributed by atoms with van der Waals surface area (Å²) in [6.45, 7) is 6.20. The third kappa shape index (κ3) is 3.77. The molecule has 0 amide bonds. The lowest BCUT2D eigenvalue weighted by atomic mass is 10.2. The highest BCUT2D eigenvalue weighted by molar-refractivity contribution is 7.89. The maximum Gasteiger partial charge on any atom is 0.243 e. The van der Waals surface area contributed by atoms with E-state index in [2.05, 4.69) is 19.8 Å². The van der Waals surface area contributed by atoms with E-state index in [4.69, 9.17) is 0 Å². The van der Waals surface area contributed by atoms with Crippen LogP contribution < -0.4 is 9.80 Å². The van der Waals surface area contributed by atoms with Gasteiger partial charge >= 0.3 is 0 Å². The molecular formula is C19H25N5O2S. The molecule has 2 fully saturated rings. The minimum atomic E-state index is -3.44. The SMILES string of the molecule is Cc1ccc(S(=O)(=O)N2CCN(c3cc(N4CCCC4)ncn3)CC2)cc1. The zero-order chi connectivity index (χ0) is 18.9.